The summed E-state index contributed by atoms with van der Waals surface area (Å²) >= 11 is 6.31. The summed E-state index contributed by atoms with van der Waals surface area (Å²) in [5.41, 5.74) is 2.63. The van der Waals surface area contributed by atoms with Crippen LogP contribution in [0.25, 0.3) is 0 Å². The Morgan fingerprint density at radius 1 is 1.06 bits per heavy atom. The van der Waals surface area contributed by atoms with Crippen LogP contribution in [0.2, 0.25) is 5.02 Å². The molecule has 35 heavy (non-hydrogen) atoms. The van der Waals surface area contributed by atoms with Crippen molar-refractivity contribution in [2.75, 3.05) is 31.6 Å². The number of aromatic nitrogens is 1. The van der Waals surface area contributed by atoms with Crippen LogP contribution >= 0.6 is 11.6 Å². The Bertz CT molecular complexity index is 1120. The number of hydrogen-bond acceptors (Lipinski definition) is 5. The number of halogens is 1. The Labute approximate surface area is 210 Å². The van der Waals surface area contributed by atoms with Crippen LogP contribution in [-0.4, -0.2) is 53.1 Å². The number of rotatable bonds is 12. The third-order valence-corrected chi connectivity index (χ3v) is 5.46. The molecule has 1 aromatic heterocycles. The minimum absolute atomic E-state index is 0.122. The molecule has 184 valence electrons. The number of carbonyl (C=O) groups excluding carboxylic acids is 1. The second-order valence-electron chi connectivity index (χ2n) is 8.58. The first kappa shape index (κ1) is 26.0. The van der Waals surface area contributed by atoms with Crippen molar-refractivity contribution < 1.29 is 19.4 Å². The zero-order chi connectivity index (χ0) is 25.2. The van der Waals surface area contributed by atoms with E-state index in [0.717, 1.165) is 11.3 Å². The summed E-state index contributed by atoms with van der Waals surface area (Å²) in [6, 6.07) is 15.5. The second kappa shape index (κ2) is 12.8. The van der Waals surface area contributed by atoms with Gasteiger partial charge in [-0.25, -0.2) is 4.79 Å². The fourth-order valence-corrected chi connectivity index (χ4v) is 3.81. The third-order valence-electron chi connectivity index (χ3n) is 5.24. The second-order valence-corrected chi connectivity index (χ2v) is 9.02. The highest BCUT2D eigenvalue weighted by Gasteiger charge is 2.19. The van der Waals surface area contributed by atoms with E-state index in [2.05, 4.69) is 24.1 Å². The van der Waals surface area contributed by atoms with E-state index in [1.54, 1.807) is 59.8 Å². The van der Waals surface area contributed by atoms with Crippen molar-refractivity contribution >= 4 is 29.2 Å². The van der Waals surface area contributed by atoms with Crippen LogP contribution < -0.4 is 10.1 Å². The summed E-state index contributed by atoms with van der Waals surface area (Å²) in [6.45, 7) is 6.19. The molecule has 1 heterocycles. The Morgan fingerprint density at radius 2 is 1.77 bits per heavy atom. The van der Waals surface area contributed by atoms with E-state index in [9.17, 15) is 9.59 Å². The molecule has 0 aliphatic carbocycles. The largest absolute Gasteiger partial charge is 0.492 e. The van der Waals surface area contributed by atoms with E-state index in [0.29, 0.717) is 49.0 Å². The number of pyridine rings is 1. The van der Waals surface area contributed by atoms with Crippen LogP contribution in [0.4, 0.5) is 5.69 Å². The smallest absolute Gasteiger partial charge is 0.335 e. The lowest BCUT2D eigenvalue weighted by Crippen LogP contribution is -2.36. The molecule has 2 N–H and O–H groups in total. The highest BCUT2D eigenvalue weighted by molar-refractivity contribution is 6.31. The maximum atomic E-state index is 13.4. The van der Waals surface area contributed by atoms with Gasteiger partial charge in [-0.3, -0.25) is 9.78 Å². The molecule has 0 aliphatic heterocycles. The predicted molar refractivity (Wildman–Crippen MR) is 138 cm³/mol. The van der Waals surface area contributed by atoms with Gasteiger partial charge in [0, 0.05) is 48.3 Å². The Kier molecular flexibility index (Phi) is 9.49. The molecule has 0 atom stereocenters. The van der Waals surface area contributed by atoms with Crippen LogP contribution in [0.5, 0.6) is 5.75 Å². The predicted octanol–water partition coefficient (Wildman–Crippen LogP) is 5.27. The van der Waals surface area contributed by atoms with Gasteiger partial charge in [0.2, 0.25) is 0 Å². The van der Waals surface area contributed by atoms with E-state index in [-0.39, 0.29) is 17.4 Å². The zero-order valence-electron chi connectivity index (χ0n) is 19.9. The first-order valence-corrected chi connectivity index (χ1v) is 11.9. The van der Waals surface area contributed by atoms with Gasteiger partial charge in [-0.05, 0) is 60.4 Å². The summed E-state index contributed by atoms with van der Waals surface area (Å²) in [5.74, 6) is -0.267. The number of carbonyl (C=O) groups is 2. The summed E-state index contributed by atoms with van der Waals surface area (Å²) in [7, 11) is 0. The molecule has 1 amide bonds. The quantitative estimate of drug-likeness (QED) is 0.333. The molecule has 2 aromatic carbocycles. The number of benzene rings is 2. The standard InChI is InChI=1S/C27H30ClN3O4/c1-19(2)18-31(13-9-20-3-5-21(6-4-20)27(33)34)26(32)22-15-23(28)17-25(16-22)35-14-12-30-24-7-10-29-11-8-24/h3-8,10-11,15-17,19H,9,12-14,18H2,1-2H3,(H,29,30)(H,33,34). The summed E-state index contributed by atoms with van der Waals surface area (Å²) in [6.07, 6.45) is 4.04. The number of hydrogen-bond donors (Lipinski definition) is 2. The van der Waals surface area contributed by atoms with E-state index >= 15 is 0 Å². The van der Waals surface area contributed by atoms with Crippen molar-refractivity contribution in [3.63, 3.8) is 0 Å². The lowest BCUT2D eigenvalue weighted by molar-refractivity contribution is 0.0695. The van der Waals surface area contributed by atoms with Gasteiger partial charge in [0.1, 0.15) is 12.4 Å². The number of aromatic carboxylic acids is 1. The molecule has 7 nitrogen and oxygen atoms in total. The number of amides is 1. The average molecular weight is 496 g/mol. The van der Waals surface area contributed by atoms with Crippen molar-refractivity contribution in [3.05, 3.63) is 88.7 Å². The molecule has 0 unspecified atom stereocenters. The fourth-order valence-electron chi connectivity index (χ4n) is 3.58. The SMILES string of the molecule is CC(C)CN(CCc1ccc(C(=O)O)cc1)C(=O)c1cc(Cl)cc(OCCNc2ccncc2)c1. The topological polar surface area (TPSA) is 91.8 Å². The molecule has 0 saturated carbocycles. The highest BCUT2D eigenvalue weighted by atomic mass is 35.5. The molecule has 8 heteroatoms. The van der Waals surface area contributed by atoms with Crippen molar-refractivity contribution in [1.29, 1.82) is 0 Å². The third kappa shape index (κ3) is 8.30. The van der Waals surface area contributed by atoms with Crippen LogP contribution in [0, 0.1) is 5.92 Å². The minimum atomic E-state index is -0.958. The average Bonchev–Trinajstić information content (AvgIpc) is 2.84. The van der Waals surface area contributed by atoms with Crippen LogP contribution in [0.1, 0.15) is 40.1 Å². The van der Waals surface area contributed by atoms with Crippen molar-refractivity contribution in [3.8, 4) is 5.75 Å². The van der Waals surface area contributed by atoms with Crippen LogP contribution in [-0.2, 0) is 6.42 Å². The van der Waals surface area contributed by atoms with E-state index in [4.69, 9.17) is 21.4 Å². The lowest BCUT2D eigenvalue weighted by Gasteiger charge is -2.25. The highest BCUT2D eigenvalue weighted by Crippen LogP contribution is 2.23. The molecule has 0 bridgehead atoms. The number of nitrogens with one attached hydrogen (secondary N) is 1. The first-order chi connectivity index (χ1) is 16.8. The van der Waals surface area contributed by atoms with Gasteiger partial charge in [0.05, 0.1) is 5.56 Å². The minimum Gasteiger partial charge on any atom is -0.492 e. The number of ether oxygens (including phenoxy) is 1. The monoisotopic (exact) mass is 495 g/mol. The molecular formula is C27H30ClN3O4. The molecule has 0 radical (unpaired) electrons. The number of nitrogens with zero attached hydrogens (tertiary/aromatic N) is 2. The number of carboxylic acid groups (broad SMARTS) is 1. The van der Waals surface area contributed by atoms with Gasteiger partial charge in [-0.15, -0.1) is 0 Å². The molecule has 3 rings (SSSR count). The van der Waals surface area contributed by atoms with E-state index < -0.39 is 5.97 Å². The van der Waals surface area contributed by atoms with Gasteiger partial charge in [0.15, 0.2) is 0 Å². The van der Waals surface area contributed by atoms with Gasteiger partial charge in [0.25, 0.3) is 5.91 Å². The lowest BCUT2D eigenvalue weighted by atomic mass is 10.1. The van der Waals surface area contributed by atoms with Crippen LogP contribution in [0.15, 0.2) is 67.0 Å². The molecule has 0 aliphatic rings. The summed E-state index contributed by atoms with van der Waals surface area (Å²) in [5, 5.41) is 12.8. The van der Waals surface area contributed by atoms with Crippen molar-refractivity contribution in [2.24, 2.45) is 5.92 Å². The van der Waals surface area contributed by atoms with Crippen molar-refractivity contribution in [1.82, 2.24) is 9.88 Å². The number of anilines is 1. The van der Waals surface area contributed by atoms with Crippen LogP contribution in [0.3, 0.4) is 0 Å². The molecule has 0 saturated heterocycles. The van der Waals surface area contributed by atoms with Gasteiger partial charge < -0.3 is 20.1 Å². The summed E-state index contributed by atoms with van der Waals surface area (Å²) in [4.78, 5) is 30.2. The molecule has 3 aromatic rings. The maximum Gasteiger partial charge on any atom is 0.335 e. The van der Waals surface area contributed by atoms with Gasteiger partial charge in [-0.1, -0.05) is 37.6 Å². The summed E-state index contributed by atoms with van der Waals surface area (Å²) < 4.78 is 5.84. The fraction of sp³-hybridized carbons (Fsp3) is 0.296. The Morgan fingerprint density at radius 3 is 2.43 bits per heavy atom. The Hall–Kier alpha value is -3.58. The molecule has 0 fully saturated rings. The normalized spacial score (nSPS) is 10.7. The first-order valence-electron chi connectivity index (χ1n) is 11.5. The van der Waals surface area contributed by atoms with E-state index in [1.807, 2.05) is 12.1 Å². The van der Waals surface area contributed by atoms with Gasteiger partial charge >= 0.3 is 5.97 Å². The zero-order valence-corrected chi connectivity index (χ0v) is 20.7. The van der Waals surface area contributed by atoms with E-state index in [1.165, 1.54) is 0 Å². The molecular weight excluding hydrogens is 466 g/mol. The Balaban J connectivity index is 1.63. The van der Waals surface area contributed by atoms with Crippen molar-refractivity contribution in [2.45, 2.75) is 20.3 Å². The maximum absolute atomic E-state index is 13.4. The molecule has 0 spiro atoms. The van der Waals surface area contributed by atoms with Gasteiger partial charge in [-0.2, -0.15) is 0 Å². The number of carboxylic acids is 1.